The van der Waals surface area contributed by atoms with Crippen LogP contribution in [0.25, 0.3) is 0 Å². The number of carbonyl (C=O) groups is 1. The van der Waals surface area contributed by atoms with Gasteiger partial charge >= 0.3 is 6.09 Å². The standard InChI is InChI=1S/C6H11NO4/c8-3-6(4-9)1-7(2-6)5(10)11/h8-9H,1-4H2,(H,10,11). The molecule has 0 bridgehead atoms. The van der Waals surface area contributed by atoms with Crippen LogP contribution in [0.2, 0.25) is 0 Å². The van der Waals surface area contributed by atoms with Crippen molar-refractivity contribution in [1.82, 2.24) is 4.90 Å². The lowest BCUT2D eigenvalue weighted by Crippen LogP contribution is -2.61. The maximum atomic E-state index is 10.3. The van der Waals surface area contributed by atoms with Crippen molar-refractivity contribution in [3.63, 3.8) is 0 Å². The SMILES string of the molecule is O=C(O)N1CC(CO)(CO)C1. The summed E-state index contributed by atoms with van der Waals surface area (Å²) in [6, 6.07) is 0. The normalized spacial score (nSPS) is 21.1. The third-order valence-electron chi connectivity index (χ3n) is 1.99. The Morgan fingerprint density at radius 1 is 1.36 bits per heavy atom. The molecular formula is C6H11NO4. The van der Waals surface area contributed by atoms with Gasteiger partial charge in [0, 0.05) is 13.1 Å². The average Bonchev–Trinajstić information content (AvgIpc) is 1.87. The van der Waals surface area contributed by atoms with Crippen LogP contribution in [-0.2, 0) is 0 Å². The first-order valence-corrected chi connectivity index (χ1v) is 3.33. The fraction of sp³-hybridized carbons (Fsp3) is 0.833. The highest BCUT2D eigenvalue weighted by Crippen LogP contribution is 2.28. The second-order valence-electron chi connectivity index (χ2n) is 2.95. The molecule has 0 aromatic rings. The van der Waals surface area contributed by atoms with Crippen molar-refractivity contribution in [1.29, 1.82) is 0 Å². The van der Waals surface area contributed by atoms with E-state index in [0.29, 0.717) is 0 Å². The molecule has 1 amide bonds. The smallest absolute Gasteiger partial charge is 0.407 e. The van der Waals surface area contributed by atoms with Gasteiger partial charge in [-0.25, -0.2) is 4.79 Å². The Kier molecular flexibility index (Phi) is 2.01. The number of rotatable bonds is 2. The van der Waals surface area contributed by atoms with E-state index in [2.05, 4.69) is 0 Å². The fourth-order valence-electron chi connectivity index (χ4n) is 1.15. The zero-order valence-corrected chi connectivity index (χ0v) is 6.03. The number of aliphatic hydroxyl groups is 2. The molecule has 5 heteroatoms. The lowest BCUT2D eigenvalue weighted by atomic mass is 9.82. The van der Waals surface area contributed by atoms with Crippen LogP contribution in [0.5, 0.6) is 0 Å². The van der Waals surface area contributed by atoms with Crippen LogP contribution in [0.3, 0.4) is 0 Å². The molecule has 0 saturated carbocycles. The number of amides is 1. The van der Waals surface area contributed by atoms with E-state index in [1.165, 1.54) is 0 Å². The zero-order chi connectivity index (χ0) is 8.48. The van der Waals surface area contributed by atoms with Crippen LogP contribution in [0.1, 0.15) is 0 Å². The van der Waals surface area contributed by atoms with Gasteiger partial charge in [0.1, 0.15) is 0 Å². The summed E-state index contributed by atoms with van der Waals surface area (Å²) in [5.41, 5.74) is -0.585. The Bertz CT molecular complexity index is 158. The average molecular weight is 161 g/mol. The largest absolute Gasteiger partial charge is 0.465 e. The van der Waals surface area contributed by atoms with Crippen molar-refractivity contribution < 1.29 is 20.1 Å². The van der Waals surface area contributed by atoms with E-state index in [9.17, 15) is 4.79 Å². The molecule has 3 N–H and O–H groups in total. The molecule has 11 heavy (non-hydrogen) atoms. The highest BCUT2D eigenvalue weighted by Gasteiger charge is 2.44. The van der Waals surface area contributed by atoms with Crippen LogP contribution in [0.15, 0.2) is 0 Å². The van der Waals surface area contributed by atoms with Gasteiger partial charge in [-0.1, -0.05) is 0 Å². The minimum atomic E-state index is -0.998. The van der Waals surface area contributed by atoms with E-state index in [4.69, 9.17) is 15.3 Å². The second-order valence-corrected chi connectivity index (χ2v) is 2.95. The predicted molar refractivity (Wildman–Crippen MR) is 36.2 cm³/mol. The van der Waals surface area contributed by atoms with Gasteiger partial charge in [-0.3, -0.25) is 0 Å². The van der Waals surface area contributed by atoms with Crippen molar-refractivity contribution in [2.75, 3.05) is 26.3 Å². The molecule has 1 aliphatic heterocycles. The number of hydrogen-bond donors (Lipinski definition) is 3. The third-order valence-corrected chi connectivity index (χ3v) is 1.99. The van der Waals surface area contributed by atoms with Gasteiger partial charge in [0.15, 0.2) is 0 Å². The topological polar surface area (TPSA) is 81.0 Å². The van der Waals surface area contributed by atoms with Gasteiger partial charge in [0.25, 0.3) is 0 Å². The first-order chi connectivity index (χ1) is 5.13. The van der Waals surface area contributed by atoms with E-state index in [-0.39, 0.29) is 26.3 Å². The summed E-state index contributed by atoms with van der Waals surface area (Å²) in [7, 11) is 0. The molecule has 0 aromatic carbocycles. The Morgan fingerprint density at radius 2 is 1.82 bits per heavy atom. The molecule has 0 radical (unpaired) electrons. The summed E-state index contributed by atoms with van der Waals surface area (Å²) in [5.74, 6) is 0. The van der Waals surface area contributed by atoms with Gasteiger partial charge in [0.2, 0.25) is 0 Å². The summed E-state index contributed by atoms with van der Waals surface area (Å²) >= 11 is 0. The van der Waals surface area contributed by atoms with Crippen LogP contribution >= 0.6 is 0 Å². The fourth-order valence-corrected chi connectivity index (χ4v) is 1.15. The minimum Gasteiger partial charge on any atom is -0.465 e. The summed E-state index contributed by atoms with van der Waals surface area (Å²) < 4.78 is 0. The van der Waals surface area contributed by atoms with Crippen molar-refractivity contribution in [3.05, 3.63) is 0 Å². The first-order valence-electron chi connectivity index (χ1n) is 3.33. The van der Waals surface area contributed by atoms with E-state index in [0.717, 1.165) is 4.90 Å². The van der Waals surface area contributed by atoms with Gasteiger partial charge in [0.05, 0.1) is 18.6 Å². The molecule has 64 valence electrons. The quantitative estimate of drug-likeness (QED) is 0.482. The van der Waals surface area contributed by atoms with Crippen molar-refractivity contribution in [2.45, 2.75) is 0 Å². The Hall–Kier alpha value is -0.810. The minimum absolute atomic E-state index is 0.159. The molecular weight excluding hydrogens is 150 g/mol. The molecule has 1 fully saturated rings. The third kappa shape index (κ3) is 1.29. The maximum Gasteiger partial charge on any atom is 0.407 e. The number of likely N-dealkylation sites (tertiary alicyclic amines) is 1. The molecule has 1 saturated heterocycles. The van der Waals surface area contributed by atoms with Crippen LogP contribution < -0.4 is 0 Å². The molecule has 0 atom stereocenters. The Labute approximate surface area is 63.9 Å². The van der Waals surface area contributed by atoms with Crippen LogP contribution in [0, 0.1) is 5.41 Å². The summed E-state index contributed by atoms with van der Waals surface area (Å²) in [6.07, 6.45) is -0.998. The highest BCUT2D eigenvalue weighted by atomic mass is 16.4. The monoisotopic (exact) mass is 161 g/mol. The van der Waals surface area contributed by atoms with E-state index in [1.807, 2.05) is 0 Å². The van der Waals surface area contributed by atoms with Gasteiger partial charge < -0.3 is 20.2 Å². The van der Waals surface area contributed by atoms with E-state index >= 15 is 0 Å². The Balaban J connectivity index is 2.41. The summed E-state index contributed by atoms with van der Waals surface area (Å²) in [4.78, 5) is 11.4. The molecule has 5 nitrogen and oxygen atoms in total. The molecule has 0 unspecified atom stereocenters. The maximum absolute atomic E-state index is 10.3. The predicted octanol–water partition coefficient (Wildman–Crippen LogP) is -1.05. The number of carboxylic acid groups (broad SMARTS) is 1. The van der Waals surface area contributed by atoms with Crippen LogP contribution in [-0.4, -0.2) is 52.6 Å². The first kappa shape index (κ1) is 8.29. The van der Waals surface area contributed by atoms with E-state index in [1.54, 1.807) is 0 Å². The van der Waals surface area contributed by atoms with Gasteiger partial charge in [-0.2, -0.15) is 0 Å². The molecule has 1 heterocycles. The number of hydrogen-bond acceptors (Lipinski definition) is 3. The molecule has 0 aromatic heterocycles. The van der Waals surface area contributed by atoms with Crippen molar-refractivity contribution in [2.24, 2.45) is 5.41 Å². The van der Waals surface area contributed by atoms with E-state index < -0.39 is 11.5 Å². The molecule has 1 aliphatic rings. The Morgan fingerprint density at radius 3 is 2.09 bits per heavy atom. The zero-order valence-electron chi connectivity index (χ0n) is 6.03. The van der Waals surface area contributed by atoms with Crippen molar-refractivity contribution in [3.8, 4) is 0 Å². The van der Waals surface area contributed by atoms with Gasteiger partial charge in [-0.15, -0.1) is 0 Å². The molecule has 0 spiro atoms. The summed E-state index contributed by atoms with van der Waals surface area (Å²) in [6.45, 7) is 0.144. The number of nitrogens with zero attached hydrogens (tertiary/aromatic N) is 1. The summed E-state index contributed by atoms with van der Waals surface area (Å²) in [5, 5.41) is 25.9. The lowest BCUT2D eigenvalue weighted by Gasteiger charge is -2.46. The lowest BCUT2D eigenvalue weighted by molar-refractivity contribution is -0.0615. The highest BCUT2D eigenvalue weighted by molar-refractivity contribution is 5.66. The van der Waals surface area contributed by atoms with Crippen molar-refractivity contribution >= 4 is 6.09 Å². The molecule has 0 aliphatic carbocycles. The van der Waals surface area contributed by atoms with Crippen LogP contribution in [0.4, 0.5) is 4.79 Å². The number of aliphatic hydroxyl groups excluding tert-OH is 2. The van der Waals surface area contributed by atoms with Gasteiger partial charge in [-0.05, 0) is 0 Å². The molecule has 1 rings (SSSR count). The second kappa shape index (κ2) is 2.67.